The molecule has 1 aliphatic rings. The van der Waals surface area contributed by atoms with Crippen LogP contribution in [0, 0.1) is 5.92 Å². The molecule has 90 valence electrons. The average Bonchev–Trinajstić information content (AvgIpc) is 3.11. The van der Waals surface area contributed by atoms with Crippen molar-refractivity contribution in [2.24, 2.45) is 11.7 Å². The highest BCUT2D eigenvalue weighted by Gasteiger charge is 2.34. The Morgan fingerprint density at radius 1 is 1.41 bits per heavy atom. The molecule has 1 saturated carbocycles. The summed E-state index contributed by atoms with van der Waals surface area (Å²) in [6.07, 6.45) is 1.76. The minimum absolute atomic E-state index is 0.0244. The van der Waals surface area contributed by atoms with E-state index in [9.17, 15) is 9.59 Å². The maximum atomic E-state index is 11.8. The highest BCUT2D eigenvalue weighted by atomic mass is 35.5. The van der Waals surface area contributed by atoms with Gasteiger partial charge < -0.3 is 10.8 Å². The number of rotatable bonds is 4. The van der Waals surface area contributed by atoms with E-state index in [1.165, 1.54) is 12.1 Å². The molecule has 1 aromatic carbocycles. The van der Waals surface area contributed by atoms with Crippen molar-refractivity contribution in [3.05, 3.63) is 34.3 Å². The first-order valence-corrected chi connectivity index (χ1v) is 5.70. The highest BCUT2D eigenvalue weighted by Crippen LogP contribution is 2.34. The molecule has 0 amide bonds. The van der Waals surface area contributed by atoms with Crippen molar-refractivity contribution in [3.63, 3.8) is 0 Å². The molecule has 17 heavy (non-hydrogen) atoms. The second-order valence-corrected chi connectivity index (χ2v) is 4.61. The molecule has 4 nitrogen and oxygen atoms in total. The van der Waals surface area contributed by atoms with Crippen LogP contribution in [0.1, 0.15) is 34.8 Å². The number of carboxylic acids is 1. The number of hydrogen-bond acceptors (Lipinski definition) is 3. The first-order chi connectivity index (χ1) is 8.00. The Balaban J connectivity index is 2.29. The van der Waals surface area contributed by atoms with Crippen LogP contribution in [0.4, 0.5) is 0 Å². The van der Waals surface area contributed by atoms with Gasteiger partial charge in [0.15, 0.2) is 5.78 Å². The minimum atomic E-state index is -1.12. The zero-order valence-corrected chi connectivity index (χ0v) is 9.78. The summed E-state index contributed by atoms with van der Waals surface area (Å²) in [7, 11) is 0. The first kappa shape index (κ1) is 12.1. The van der Waals surface area contributed by atoms with Gasteiger partial charge in [0.05, 0.1) is 16.6 Å². The maximum Gasteiger partial charge on any atom is 0.337 e. The fraction of sp³-hybridized carbons (Fsp3) is 0.333. The smallest absolute Gasteiger partial charge is 0.337 e. The molecular weight excluding hydrogens is 242 g/mol. The standard InChI is InChI=1S/C12H12ClNO3/c13-9-4-3-7(5-8(9)12(16)17)10(14)11(15)6-1-2-6/h3-6,10H,1-2,14H2,(H,16,17). The van der Waals surface area contributed by atoms with Crippen molar-refractivity contribution < 1.29 is 14.7 Å². The average molecular weight is 254 g/mol. The van der Waals surface area contributed by atoms with Crippen molar-refractivity contribution >= 4 is 23.4 Å². The van der Waals surface area contributed by atoms with Crippen LogP contribution in [0.2, 0.25) is 5.02 Å². The van der Waals surface area contributed by atoms with E-state index in [0.29, 0.717) is 5.56 Å². The second-order valence-electron chi connectivity index (χ2n) is 4.20. The van der Waals surface area contributed by atoms with Gasteiger partial charge in [0.25, 0.3) is 0 Å². The third kappa shape index (κ3) is 2.48. The Morgan fingerprint density at radius 3 is 2.59 bits per heavy atom. The van der Waals surface area contributed by atoms with Gasteiger partial charge in [-0.05, 0) is 30.5 Å². The van der Waals surface area contributed by atoms with Crippen LogP contribution < -0.4 is 5.73 Å². The molecule has 2 rings (SSSR count). The maximum absolute atomic E-state index is 11.8. The van der Waals surface area contributed by atoms with E-state index in [-0.39, 0.29) is 22.3 Å². The molecule has 1 fully saturated rings. The molecule has 0 radical (unpaired) electrons. The van der Waals surface area contributed by atoms with Crippen LogP contribution in [0.3, 0.4) is 0 Å². The van der Waals surface area contributed by atoms with E-state index in [2.05, 4.69) is 0 Å². The van der Waals surface area contributed by atoms with Gasteiger partial charge in [-0.15, -0.1) is 0 Å². The number of aromatic carboxylic acids is 1. The number of benzene rings is 1. The van der Waals surface area contributed by atoms with Gasteiger partial charge in [-0.3, -0.25) is 4.79 Å². The van der Waals surface area contributed by atoms with Crippen molar-refractivity contribution in [3.8, 4) is 0 Å². The van der Waals surface area contributed by atoms with Gasteiger partial charge in [-0.1, -0.05) is 17.7 Å². The molecule has 0 aromatic heterocycles. The van der Waals surface area contributed by atoms with Crippen molar-refractivity contribution in [2.45, 2.75) is 18.9 Å². The van der Waals surface area contributed by atoms with E-state index in [4.69, 9.17) is 22.4 Å². The third-order valence-electron chi connectivity index (χ3n) is 2.87. The van der Waals surface area contributed by atoms with Crippen molar-refractivity contribution in [2.75, 3.05) is 0 Å². The number of ketones is 1. The summed E-state index contributed by atoms with van der Waals surface area (Å²) in [5, 5.41) is 9.07. The number of nitrogens with two attached hydrogens (primary N) is 1. The lowest BCUT2D eigenvalue weighted by atomic mass is 9.99. The molecule has 1 unspecified atom stereocenters. The summed E-state index contributed by atoms with van der Waals surface area (Å²) >= 11 is 5.74. The van der Waals surface area contributed by atoms with Gasteiger partial charge in [0.2, 0.25) is 0 Å². The van der Waals surface area contributed by atoms with Gasteiger partial charge in [-0.25, -0.2) is 4.79 Å². The third-order valence-corrected chi connectivity index (χ3v) is 3.20. The van der Waals surface area contributed by atoms with Crippen LogP contribution >= 0.6 is 11.6 Å². The van der Waals surface area contributed by atoms with Gasteiger partial charge in [0.1, 0.15) is 0 Å². The lowest BCUT2D eigenvalue weighted by molar-refractivity contribution is -0.121. The fourth-order valence-electron chi connectivity index (χ4n) is 1.69. The number of carboxylic acid groups (broad SMARTS) is 1. The monoisotopic (exact) mass is 253 g/mol. The molecule has 1 atom stereocenters. The molecule has 1 aromatic rings. The fourth-order valence-corrected chi connectivity index (χ4v) is 1.88. The molecule has 1 aliphatic carbocycles. The number of halogens is 1. The minimum Gasteiger partial charge on any atom is -0.478 e. The predicted octanol–water partition coefficient (Wildman–Crippen LogP) is 2.02. The zero-order chi connectivity index (χ0) is 12.6. The summed E-state index contributed by atoms with van der Waals surface area (Å²) in [6.45, 7) is 0. The van der Waals surface area contributed by atoms with E-state index in [1.54, 1.807) is 6.07 Å². The van der Waals surface area contributed by atoms with Crippen LogP contribution in [-0.2, 0) is 4.79 Å². The number of hydrogen-bond donors (Lipinski definition) is 2. The van der Waals surface area contributed by atoms with E-state index >= 15 is 0 Å². The topological polar surface area (TPSA) is 80.4 Å². The van der Waals surface area contributed by atoms with Crippen molar-refractivity contribution in [1.29, 1.82) is 0 Å². The molecule has 0 spiro atoms. The Hall–Kier alpha value is -1.39. The zero-order valence-electron chi connectivity index (χ0n) is 9.02. The summed E-state index contributed by atoms with van der Waals surface area (Å²) in [4.78, 5) is 22.7. The van der Waals surface area contributed by atoms with E-state index < -0.39 is 12.0 Å². The van der Waals surface area contributed by atoms with Crippen LogP contribution in [-0.4, -0.2) is 16.9 Å². The molecular formula is C12H12ClNO3. The molecule has 0 bridgehead atoms. The molecule has 0 aliphatic heterocycles. The lowest BCUT2D eigenvalue weighted by Gasteiger charge is -2.11. The number of carbonyl (C=O) groups excluding carboxylic acids is 1. The molecule has 0 heterocycles. The van der Waals surface area contributed by atoms with Crippen LogP contribution in [0.25, 0.3) is 0 Å². The summed E-state index contributed by atoms with van der Waals surface area (Å²) in [6, 6.07) is 3.67. The number of Topliss-reactive ketones (excluding diaryl/α,β-unsaturated/α-hetero) is 1. The molecule has 0 saturated heterocycles. The highest BCUT2D eigenvalue weighted by molar-refractivity contribution is 6.33. The quantitative estimate of drug-likeness (QED) is 0.860. The van der Waals surface area contributed by atoms with Gasteiger partial charge in [0, 0.05) is 5.92 Å². The summed E-state index contributed by atoms with van der Waals surface area (Å²) in [5.74, 6) is -1.10. The van der Waals surface area contributed by atoms with E-state index in [0.717, 1.165) is 12.8 Å². The van der Waals surface area contributed by atoms with Crippen LogP contribution in [0.5, 0.6) is 0 Å². The predicted molar refractivity (Wildman–Crippen MR) is 63.1 cm³/mol. The summed E-state index contributed by atoms with van der Waals surface area (Å²) in [5.41, 5.74) is 6.29. The Morgan fingerprint density at radius 2 is 2.06 bits per heavy atom. The second kappa shape index (κ2) is 4.47. The summed E-state index contributed by atoms with van der Waals surface area (Å²) < 4.78 is 0. The Labute approximate surface area is 103 Å². The molecule has 5 heteroatoms. The van der Waals surface area contributed by atoms with Gasteiger partial charge >= 0.3 is 5.97 Å². The molecule has 3 N–H and O–H groups in total. The van der Waals surface area contributed by atoms with Gasteiger partial charge in [-0.2, -0.15) is 0 Å². The Kier molecular flexibility index (Phi) is 3.17. The largest absolute Gasteiger partial charge is 0.478 e. The Bertz CT molecular complexity index is 483. The lowest BCUT2D eigenvalue weighted by Crippen LogP contribution is -2.23. The normalized spacial score (nSPS) is 16.6. The van der Waals surface area contributed by atoms with Crippen LogP contribution in [0.15, 0.2) is 18.2 Å². The SMILES string of the molecule is NC(C(=O)C1CC1)c1ccc(Cl)c(C(=O)O)c1. The van der Waals surface area contributed by atoms with E-state index in [1.807, 2.05) is 0 Å². The van der Waals surface area contributed by atoms with Crippen molar-refractivity contribution in [1.82, 2.24) is 0 Å². The number of carbonyl (C=O) groups is 2. The first-order valence-electron chi connectivity index (χ1n) is 5.32.